The Bertz CT molecular complexity index is 204. The molecular weight excluding hydrogens is 175 g/mol. The van der Waals surface area contributed by atoms with E-state index in [4.69, 9.17) is 13.6 Å². The van der Waals surface area contributed by atoms with Gasteiger partial charge in [-0.05, 0) is 0 Å². The lowest BCUT2D eigenvalue weighted by Gasteiger charge is -2.22. The van der Waals surface area contributed by atoms with Crippen LogP contribution in [0.2, 0.25) is 0 Å². The average molecular weight is 187 g/mol. The number of fused-ring (bicyclic) bond motifs is 2. The van der Waals surface area contributed by atoms with Gasteiger partial charge in [-0.3, -0.25) is 0 Å². The van der Waals surface area contributed by atoms with Crippen molar-refractivity contribution < 1.29 is 13.6 Å². The van der Waals surface area contributed by atoms with Crippen molar-refractivity contribution in [3.63, 3.8) is 0 Å². The van der Waals surface area contributed by atoms with Crippen LogP contribution in [0.25, 0.3) is 0 Å². The smallest absolute Gasteiger partial charge is 0.175 e. The molecule has 0 saturated carbocycles. The summed E-state index contributed by atoms with van der Waals surface area (Å²) in [6, 6.07) is 0. The van der Waals surface area contributed by atoms with Gasteiger partial charge in [0.05, 0.1) is 0 Å². The topological polar surface area (TPSA) is 27.7 Å². The summed E-state index contributed by atoms with van der Waals surface area (Å²) in [5, 5.41) is 0. The van der Waals surface area contributed by atoms with E-state index >= 15 is 0 Å². The Morgan fingerprint density at radius 3 is 3.25 bits per heavy atom. The van der Waals surface area contributed by atoms with Gasteiger partial charge in [0.1, 0.15) is 18.8 Å². The number of hydrogen-bond donors (Lipinski definition) is 0. The molecule has 66 valence electrons. The fourth-order valence-electron chi connectivity index (χ4n) is 1.25. The van der Waals surface area contributed by atoms with Gasteiger partial charge in [0, 0.05) is 6.42 Å². The van der Waals surface area contributed by atoms with Crippen LogP contribution in [0.4, 0.5) is 0 Å². The Labute approximate surface area is 73.0 Å². The third-order valence-corrected chi connectivity index (χ3v) is 3.26. The summed E-state index contributed by atoms with van der Waals surface area (Å²) < 4.78 is 16.3. The molecule has 2 aliphatic rings. The molecule has 2 bridgehead atoms. The first-order chi connectivity index (χ1) is 5.88. The van der Waals surface area contributed by atoms with Crippen molar-refractivity contribution in [2.75, 3.05) is 6.61 Å². The molecular formula is C8H12O3P+. The molecule has 0 aromatic heterocycles. The summed E-state index contributed by atoms with van der Waals surface area (Å²) in [6.07, 6.45) is 6.95. The summed E-state index contributed by atoms with van der Waals surface area (Å²) in [4.78, 5) is 0. The third kappa shape index (κ3) is 1.75. The maximum absolute atomic E-state index is 5.50. The lowest BCUT2D eigenvalue weighted by Crippen LogP contribution is -2.23. The Kier molecular flexibility index (Phi) is 2.57. The molecule has 0 aromatic rings. The average Bonchev–Trinajstić information content (AvgIpc) is 2.27. The predicted molar refractivity (Wildman–Crippen MR) is 48.0 cm³/mol. The van der Waals surface area contributed by atoms with Gasteiger partial charge in [0.2, 0.25) is 0 Å². The van der Waals surface area contributed by atoms with Gasteiger partial charge < -0.3 is 0 Å². The van der Waals surface area contributed by atoms with Gasteiger partial charge in [-0.15, -0.1) is 6.58 Å². The Hall–Kier alpha value is -0.210. The highest BCUT2D eigenvalue weighted by molar-refractivity contribution is 7.41. The molecule has 2 aliphatic heterocycles. The first-order valence-electron chi connectivity index (χ1n) is 4.01. The van der Waals surface area contributed by atoms with Gasteiger partial charge in [-0.25, -0.2) is 0 Å². The molecule has 0 radical (unpaired) electrons. The van der Waals surface area contributed by atoms with Crippen LogP contribution in [-0.4, -0.2) is 18.8 Å². The molecule has 0 aliphatic carbocycles. The fourth-order valence-corrected chi connectivity index (χ4v) is 2.54. The first-order valence-corrected chi connectivity index (χ1v) is 5.23. The molecule has 0 aromatic carbocycles. The van der Waals surface area contributed by atoms with Gasteiger partial charge in [-0.1, -0.05) is 18.2 Å². The zero-order valence-corrected chi connectivity index (χ0v) is 7.73. The van der Waals surface area contributed by atoms with E-state index < -0.39 is 8.60 Å². The summed E-state index contributed by atoms with van der Waals surface area (Å²) in [7, 11) is -1.48. The minimum atomic E-state index is -1.48. The second-order valence-corrected chi connectivity index (χ2v) is 4.03. The van der Waals surface area contributed by atoms with E-state index in [0.29, 0.717) is 6.61 Å². The number of hydrogen-bond acceptors (Lipinski definition) is 3. The Morgan fingerprint density at radius 2 is 2.42 bits per heavy atom. The van der Waals surface area contributed by atoms with Crippen LogP contribution in [0.15, 0.2) is 24.8 Å². The lowest BCUT2D eigenvalue weighted by atomic mass is 10.1. The highest BCUT2D eigenvalue weighted by Crippen LogP contribution is 2.48. The maximum Gasteiger partial charge on any atom is 0.399 e. The largest absolute Gasteiger partial charge is 0.399 e. The predicted octanol–water partition coefficient (Wildman–Crippen LogP) is 1.89. The summed E-state index contributed by atoms with van der Waals surface area (Å²) in [6.45, 7) is 4.30. The third-order valence-electron chi connectivity index (χ3n) is 1.87. The number of rotatable bonds is 1. The van der Waals surface area contributed by atoms with Crippen molar-refractivity contribution in [3.8, 4) is 0 Å². The van der Waals surface area contributed by atoms with Crippen LogP contribution in [0.5, 0.6) is 0 Å². The highest BCUT2D eigenvalue weighted by Gasteiger charge is 2.36. The molecule has 0 amide bonds. The van der Waals surface area contributed by atoms with Crippen molar-refractivity contribution >= 4 is 8.60 Å². The molecule has 0 spiro atoms. The van der Waals surface area contributed by atoms with Crippen molar-refractivity contribution in [2.45, 2.75) is 18.6 Å². The van der Waals surface area contributed by atoms with Crippen LogP contribution < -0.4 is 0 Å². The Balaban J connectivity index is 2.06. The zero-order chi connectivity index (χ0) is 8.39. The van der Waals surface area contributed by atoms with E-state index in [-0.39, 0.29) is 12.2 Å². The molecule has 2 rings (SSSR count). The van der Waals surface area contributed by atoms with Crippen molar-refractivity contribution in [1.29, 1.82) is 0 Å². The van der Waals surface area contributed by atoms with Crippen LogP contribution in [-0.2, 0) is 13.6 Å². The molecule has 1 fully saturated rings. The van der Waals surface area contributed by atoms with E-state index in [1.54, 1.807) is 0 Å². The Morgan fingerprint density at radius 1 is 1.50 bits per heavy atom. The van der Waals surface area contributed by atoms with Crippen LogP contribution >= 0.6 is 8.60 Å². The van der Waals surface area contributed by atoms with Gasteiger partial charge >= 0.3 is 8.60 Å². The normalized spacial score (nSPS) is 40.5. The second kappa shape index (κ2) is 3.67. The van der Waals surface area contributed by atoms with Crippen molar-refractivity contribution in [1.82, 2.24) is 0 Å². The molecule has 1 saturated heterocycles. The molecule has 3 nitrogen and oxygen atoms in total. The molecule has 3 atom stereocenters. The quantitative estimate of drug-likeness (QED) is 0.463. The van der Waals surface area contributed by atoms with E-state index in [1.807, 2.05) is 18.2 Å². The van der Waals surface area contributed by atoms with Crippen molar-refractivity contribution in [2.24, 2.45) is 0 Å². The fraction of sp³-hybridized carbons (Fsp3) is 0.500. The van der Waals surface area contributed by atoms with E-state index in [2.05, 4.69) is 6.58 Å². The molecule has 2 heterocycles. The van der Waals surface area contributed by atoms with Crippen LogP contribution in [0, 0.1) is 0 Å². The maximum atomic E-state index is 5.50. The van der Waals surface area contributed by atoms with Crippen molar-refractivity contribution in [3.05, 3.63) is 24.8 Å². The molecule has 1 unspecified atom stereocenters. The standard InChI is InChI=1S/C8H12O3P/c1-2-7-6-8-4-3-5-9-12(10-7)11-8/h2-4,7-8,12H,1,5-6H2/q+1/t7-,8-/m0/s1. The molecule has 0 N–H and O–H groups in total. The van der Waals surface area contributed by atoms with Gasteiger partial charge in [0.25, 0.3) is 0 Å². The summed E-state index contributed by atoms with van der Waals surface area (Å²) in [5.74, 6) is 0. The SMILES string of the molecule is C=C[C@H]1C[C@@H]2C=CCO[PH+](O1)O2. The highest BCUT2D eigenvalue weighted by atomic mass is 31.2. The zero-order valence-electron chi connectivity index (χ0n) is 6.73. The van der Waals surface area contributed by atoms with Gasteiger partial charge in [0.15, 0.2) is 0 Å². The summed E-state index contributed by atoms with van der Waals surface area (Å²) >= 11 is 0. The van der Waals surface area contributed by atoms with E-state index in [0.717, 1.165) is 6.42 Å². The van der Waals surface area contributed by atoms with Crippen LogP contribution in [0.1, 0.15) is 6.42 Å². The van der Waals surface area contributed by atoms with Crippen LogP contribution in [0.3, 0.4) is 0 Å². The molecule has 12 heavy (non-hydrogen) atoms. The van der Waals surface area contributed by atoms with E-state index in [9.17, 15) is 0 Å². The van der Waals surface area contributed by atoms with Gasteiger partial charge in [-0.2, -0.15) is 13.6 Å². The summed E-state index contributed by atoms with van der Waals surface area (Å²) in [5.41, 5.74) is 0. The minimum absolute atomic E-state index is 0.0976. The first kappa shape index (κ1) is 8.39. The minimum Gasteiger partial charge on any atom is -0.175 e. The van der Waals surface area contributed by atoms with E-state index in [1.165, 1.54) is 0 Å². The lowest BCUT2D eigenvalue weighted by molar-refractivity contribution is 0.0647. The second-order valence-electron chi connectivity index (χ2n) is 2.77. The monoisotopic (exact) mass is 187 g/mol. The molecule has 4 heteroatoms.